The highest BCUT2D eigenvalue weighted by molar-refractivity contribution is 7.89. The Morgan fingerprint density at radius 2 is 1.62 bits per heavy atom. The molecule has 39 heavy (non-hydrogen) atoms. The maximum Gasteiger partial charge on any atom is 0.268 e. The Bertz CT molecular complexity index is 1500. The van der Waals surface area contributed by atoms with Gasteiger partial charge in [-0.1, -0.05) is 18.2 Å². The summed E-state index contributed by atoms with van der Waals surface area (Å²) < 4.78 is 32.7. The Morgan fingerprint density at radius 1 is 0.923 bits per heavy atom. The molecule has 3 aromatic rings. The van der Waals surface area contributed by atoms with Crippen molar-refractivity contribution in [2.24, 2.45) is 0 Å². The van der Waals surface area contributed by atoms with Crippen LogP contribution in [-0.4, -0.2) is 56.2 Å². The molecule has 0 radical (unpaired) electrons. The van der Waals surface area contributed by atoms with E-state index < -0.39 is 22.0 Å². The summed E-state index contributed by atoms with van der Waals surface area (Å²) in [4.78, 5) is 40.0. The predicted octanol–water partition coefficient (Wildman–Crippen LogP) is 3.48. The lowest BCUT2D eigenvalue weighted by molar-refractivity contribution is -0.127. The number of ether oxygens (including phenoxy) is 1. The minimum Gasteiger partial charge on any atom is -0.479 e. The standard InChI is InChI=1S/C28H28N4O6S/c1-19-28(35)32(18-26(33)29-21-7-3-2-4-8-21)24-17-22(11-14-25(24)38-19)30-27(34)20-9-12-23(13-10-20)39(36,37)31-15-5-6-16-31/h2-4,7-14,17,19H,5-6,15-16,18H2,1H3,(H,29,33)(H,30,34). The van der Waals surface area contributed by atoms with Gasteiger partial charge >= 0.3 is 0 Å². The fraction of sp³-hybridized carbons (Fsp3) is 0.250. The van der Waals surface area contributed by atoms with Crippen LogP contribution < -0.4 is 20.3 Å². The van der Waals surface area contributed by atoms with Gasteiger partial charge in [0.05, 0.1) is 10.6 Å². The predicted molar refractivity (Wildman–Crippen MR) is 146 cm³/mol. The van der Waals surface area contributed by atoms with Gasteiger partial charge in [-0.05, 0) is 74.4 Å². The first kappa shape index (κ1) is 26.4. The Hall–Kier alpha value is -4.22. The number of anilines is 3. The molecular formula is C28H28N4O6S. The number of hydrogen-bond acceptors (Lipinski definition) is 6. The summed E-state index contributed by atoms with van der Waals surface area (Å²) in [6.45, 7) is 2.37. The van der Waals surface area contributed by atoms with Gasteiger partial charge in [0, 0.05) is 30.0 Å². The number of sulfonamides is 1. The molecule has 1 fully saturated rings. The second kappa shape index (κ2) is 10.9. The van der Waals surface area contributed by atoms with Crippen LogP contribution in [0.3, 0.4) is 0 Å². The van der Waals surface area contributed by atoms with Crippen molar-refractivity contribution < 1.29 is 27.5 Å². The van der Waals surface area contributed by atoms with E-state index in [2.05, 4.69) is 10.6 Å². The number of rotatable bonds is 7. The van der Waals surface area contributed by atoms with Crippen LogP contribution in [0.4, 0.5) is 17.1 Å². The van der Waals surface area contributed by atoms with Crippen molar-refractivity contribution in [1.82, 2.24) is 4.31 Å². The molecule has 202 valence electrons. The normalized spacial score (nSPS) is 17.3. The van der Waals surface area contributed by atoms with Crippen molar-refractivity contribution in [3.8, 4) is 5.75 Å². The third kappa shape index (κ3) is 5.64. The van der Waals surface area contributed by atoms with Gasteiger partial charge in [-0.2, -0.15) is 4.31 Å². The minimum atomic E-state index is -3.58. The van der Waals surface area contributed by atoms with Crippen molar-refractivity contribution >= 4 is 44.8 Å². The fourth-order valence-corrected chi connectivity index (χ4v) is 6.09. The maximum absolute atomic E-state index is 12.9. The molecule has 0 spiro atoms. The van der Waals surface area contributed by atoms with E-state index in [0.29, 0.717) is 35.9 Å². The van der Waals surface area contributed by atoms with Gasteiger partial charge in [-0.15, -0.1) is 0 Å². The van der Waals surface area contributed by atoms with Crippen LogP contribution in [0.5, 0.6) is 5.75 Å². The number of amides is 3. The van der Waals surface area contributed by atoms with E-state index in [4.69, 9.17) is 4.74 Å². The fourth-order valence-electron chi connectivity index (χ4n) is 4.57. The smallest absolute Gasteiger partial charge is 0.268 e. The maximum atomic E-state index is 12.9. The monoisotopic (exact) mass is 548 g/mol. The van der Waals surface area contributed by atoms with Crippen LogP contribution in [0, 0.1) is 0 Å². The molecule has 1 saturated heterocycles. The van der Waals surface area contributed by atoms with E-state index in [1.807, 2.05) is 6.07 Å². The average molecular weight is 549 g/mol. The molecule has 1 unspecified atom stereocenters. The van der Waals surface area contributed by atoms with Gasteiger partial charge in [0.1, 0.15) is 12.3 Å². The molecule has 2 aliphatic rings. The lowest BCUT2D eigenvalue weighted by Crippen LogP contribution is -2.47. The second-order valence-corrected chi connectivity index (χ2v) is 11.3. The summed E-state index contributed by atoms with van der Waals surface area (Å²) >= 11 is 0. The molecule has 2 heterocycles. The SMILES string of the molecule is CC1Oc2ccc(NC(=O)c3ccc(S(=O)(=O)N4CCCC4)cc3)cc2N(CC(=O)Nc2ccccc2)C1=O. The first-order valence-corrected chi connectivity index (χ1v) is 14.0. The van der Waals surface area contributed by atoms with Crippen LogP contribution in [0.15, 0.2) is 77.7 Å². The molecule has 11 heteroatoms. The van der Waals surface area contributed by atoms with Gasteiger partial charge in [-0.3, -0.25) is 19.3 Å². The summed E-state index contributed by atoms with van der Waals surface area (Å²) in [5.41, 5.74) is 1.61. The third-order valence-electron chi connectivity index (χ3n) is 6.60. The minimum absolute atomic E-state index is 0.143. The number of carbonyl (C=O) groups excluding carboxylic acids is 3. The molecule has 5 rings (SSSR count). The first-order valence-electron chi connectivity index (χ1n) is 12.6. The number of fused-ring (bicyclic) bond motifs is 1. The van der Waals surface area contributed by atoms with Crippen molar-refractivity contribution in [3.05, 3.63) is 78.4 Å². The molecule has 0 aliphatic carbocycles. The highest BCUT2D eigenvalue weighted by Crippen LogP contribution is 2.36. The number of para-hydroxylation sites is 1. The first-order chi connectivity index (χ1) is 18.7. The molecule has 3 amide bonds. The topological polar surface area (TPSA) is 125 Å². The molecule has 1 atom stereocenters. The Kier molecular flexibility index (Phi) is 7.36. The zero-order valence-electron chi connectivity index (χ0n) is 21.3. The second-order valence-electron chi connectivity index (χ2n) is 9.37. The Labute approximate surface area is 226 Å². The molecule has 2 aliphatic heterocycles. The zero-order valence-corrected chi connectivity index (χ0v) is 22.1. The van der Waals surface area contributed by atoms with E-state index in [9.17, 15) is 22.8 Å². The Morgan fingerprint density at radius 3 is 2.31 bits per heavy atom. The largest absolute Gasteiger partial charge is 0.479 e. The summed E-state index contributed by atoms with van der Waals surface area (Å²) in [6, 6.07) is 19.5. The highest BCUT2D eigenvalue weighted by atomic mass is 32.2. The average Bonchev–Trinajstić information content (AvgIpc) is 3.48. The number of nitrogens with zero attached hydrogens (tertiary/aromatic N) is 2. The summed E-state index contributed by atoms with van der Waals surface area (Å²) in [7, 11) is -3.58. The zero-order chi connectivity index (χ0) is 27.6. The van der Waals surface area contributed by atoms with Crippen molar-refractivity contribution in [3.63, 3.8) is 0 Å². The van der Waals surface area contributed by atoms with E-state index in [1.54, 1.807) is 49.4 Å². The lowest BCUT2D eigenvalue weighted by Gasteiger charge is -2.33. The third-order valence-corrected chi connectivity index (χ3v) is 8.52. The van der Waals surface area contributed by atoms with Gasteiger partial charge in [0.2, 0.25) is 15.9 Å². The van der Waals surface area contributed by atoms with Gasteiger partial charge in [0.25, 0.3) is 11.8 Å². The molecule has 0 bridgehead atoms. The lowest BCUT2D eigenvalue weighted by atomic mass is 10.1. The number of benzene rings is 3. The van der Waals surface area contributed by atoms with Gasteiger partial charge < -0.3 is 15.4 Å². The van der Waals surface area contributed by atoms with Crippen LogP contribution in [0.1, 0.15) is 30.1 Å². The summed E-state index contributed by atoms with van der Waals surface area (Å²) in [5.74, 6) is -0.814. The molecule has 0 saturated carbocycles. The highest BCUT2D eigenvalue weighted by Gasteiger charge is 2.33. The van der Waals surface area contributed by atoms with E-state index in [-0.39, 0.29) is 28.8 Å². The van der Waals surface area contributed by atoms with Crippen LogP contribution >= 0.6 is 0 Å². The molecular weight excluding hydrogens is 520 g/mol. The van der Waals surface area contributed by atoms with Crippen LogP contribution in [-0.2, 0) is 19.6 Å². The number of nitrogens with one attached hydrogen (secondary N) is 2. The summed E-state index contributed by atoms with van der Waals surface area (Å²) in [5, 5.41) is 5.54. The van der Waals surface area contributed by atoms with E-state index >= 15 is 0 Å². The van der Waals surface area contributed by atoms with Crippen LogP contribution in [0.2, 0.25) is 0 Å². The van der Waals surface area contributed by atoms with Gasteiger partial charge in [-0.25, -0.2) is 8.42 Å². The summed E-state index contributed by atoms with van der Waals surface area (Å²) in [6.07, 6.45) is 0.897. The molecule has 2 N–H and O–H groups in total. The quantitative estimate of drug-likeness (QED) is 0.466. The molecule has 3 aromatic carbocycles. The van der Waals surface area contributed by atoms with E-state index in [0.717, 1.165) is 12.8 Å². The van der Waals surface area contributed by atoms with Crippen molar-refractivity contribution in [1.29, 1.82) is 0 Å². The van der Waals surface area contributed by atoms with Gasteiger partial charge in [0.15, 0.2) is 6.10 Å². The van der Waals surface area contributed by atoms with Crippen LogP contribution in [0.25, 0.3) is 0 Å². The molecule has 0 aromatic heterocycles. The number of hydrogen-bond donors (Lipinski definition) is 2. The van der Waals surface area contributed by atoms with Crippen molar-refractivity contribution in [2.45, 2.75) is 30.8 Å². The molecule has 10 nitrogen and oxygen atoms in total. The Balaban J connectivity index is 1.31. The van der Waals surface area contributed by atoms with E-state index in [1.165, 1.54) is 33.5 Å². The number of carbonyl (C=O) groups is 3. The van der Waals surface area contributed by atoms with Crippen molar-refractivity contribution in [2.75, 3.05) is 35.2 Å².